The number of aliphatic hydroxyl groups is 2. The second-order valence-electron chi connectivity index (χ2n) is 7.10. The van der Waals surface area contributed by atoms with Crippen molar-refractivity contribution in [2.45, 2.75) is 44.0 Å². The molecular weight excluding hydrogens is 453 g/mol. The Morgan fingerprint density at radius 1 is 1.39 bits per heavy atom. The van der Waals surface area contributed by atoms with Crippen molar-refractivity contribution in [3.8, 4) is 0 Å². The average Bonchev–Trinajstić information content (AvgIpc) is 3.33. The third kappa shape index (κ3) is 4.42. The third-order valence-electron chi connectivity index (χ3n) is 4.84. The number of nitrogen functional groups attached to an aromatic ring is 1. The fraction of sp³-hybridized carbons (Fsp3) is 0.438. The first-order valence-corrected chi connectivity index (χ1v) is 11.4. The summed E-state index contributed by atoms with van der Waals surface area (Å²) in [5, 5.41) is 21.2. The van der Waals surface area contributed by atoms with Gasteiger partial charge in [0.05, 0.1) is 6.33 Å². The normalized spacial score (nSPS) is 25.3. The number of aromatic amines is 1. The van der Waals surface area contributed by atoms with Gasteiger partial charge in [0.25, 0.3) is 5.56 Å². The minimum absolute atomic E-state index is 0.0134. The Bertz CT molecular complexity index is 1200. The highest BCUT2D eigenvalue weighted by molar-refractivity contribution is 7.46. The predicted molar refractivity (Wildman–Crippen MR) is 108 cm³/mol. The molecule has 3 aromatic rings. The molecule has 5 atom stereocenters. The van der Waals surface area contributed by atoms with Gasteiger partial charge in [-0.25, -0.2) is 9.55 Å². The van der Waals surface area contributed by atoms with Crippen molar-refractivity contribution in [3.05, 3.63) is 38.6 Å². The zero-order valence-electron chi connectivity index (χ0n) is 16.0. The summed E-state index contributed by atoms with van der Waals surface area (Å²) in [4.78, 5) is 42.7. The molecule has 31 heavy (non-hydrogen) atoms. The summed E-state index contributed by atoms with van der Waals surface area (Å²) >= 11 is 1.40. The van der Waals surface area contributed by atoms with Crippen LogP contribution in [0.25, 0.3) is 11.2 Å². The maximum absolute atomic E-state index is 12.0. The van der Waals surface area contributed by atoms with Crippen LogP contribution in [0.1, 0.15) is 16.0 Å². The van der Waals surface area contributed by atoms with E-state index >= 15 is 0 Å². The molecule has 15 heteroatoms. The fourth-order valence-corrected chi connectivity index (χ4v) is 5.02. The van der Waals surface area contributed by atoms with E-state index in [0.717, 1.165) is 9.75 Å². The number of fused-ring (bicyclic) bond motifs is 1. The largest absolute Gasteiger partial charge is 0.469 e. The van der Waals surface area contributed by atoms with Gasteiger partial charge in [0, 0.05) is 16.2 Å². The standard InChI is InChI=1S/C16H20N5O8PS/c1-6-2-3-7(31-6)4-8(29-30(25,26)27)12-10(22)11(23)15(28-12)21-5-18-9-13(21)19-16(17)20-14(9)24/h2-3,5,8,10-12,15,22-23H,4H2,1H3,(H2,25,26,27)(H3,17,19,20,24)/t8?,10-,11+,12+,15+/m0/s1. The van der Waals surface area contributed by atoms with Gasteiger partial charge in [-0.1, -0.05) is 0 Å². The summed E-state index contributed by atoms with van der Waals surface area (Å²) in [6.07, 6.45) is -5.70. The van der Waals surface area contributed by atoms with Crippen LogP contribution in [0.15, 0.2) is 23.3 Å². The summed E-state index contributed by atoms with van der Waals surface area (Å²) in [7, 11) is -4.94. The maximum atomic E-state index is 12.0. The van der Waals surface area contributed by atoms with Gasteiger partial charge in [-0.2, -0.15) is 4.98 Å². The molecule has 7 N–H and O–H groups in total. The zero-order valence-corrected chi connectivity index (χ0v) is 17.7. The molecule has 4 heterocycles. The number of nitrogens with two attached hydrogens (primary N) is 1. The summed E-state index contributed by atoms with van der Waals surface area (Å²) in [6.45, 7) is 1.87. The molecule has 0 radical (unpaired) electrons. The quantitative estimate of drug-likeness (QED) is 0.249. The summed E-state index contributed by atoms with van der Waals surface area (Å²) in [5.74, 6) is -0.181. The number of rotatable bonds is 6. The molecule has 4 rings (SSSR count). The second kappa shape index (κ2) is 8.07. The predicted octanol–water partition coefficient (Wildman–Crippen LogP) is -0.588. The second-order valence-corrected chi connectivity index (χ2v) is 9.66. The van der Waals surface area contributed by atoms with E-state index < -0.39 is 44.0 Å². The van der Waals surface area contributed by atoms with Gasteiger partial charge in [0.1, 0.15) is 24.4 Å². The monoisotopic (exact) mass is 473 g/mol. The van der Waals surface area contributed by atoms with Crippen molar-refractivity contribution in [1.82, 2.24) is 19.5 Å². The van der Waals surface area contributed by atoms with Crippen LogP contribution in [-0.2, 0) is 20.2 Å². The Labute approximate surface area is 178 Å². The van der Waals surface area contributed by atoms with E-state index in [1.165, 1.54) is 22.2 Å². The van der Waals surface area contributed by atoms with Crippen molar-refractivity contribution >= 4 is 36.3 Å². The van der Waals surface area contributed by atoms with Gasteiger partial charge in [-0.15, -0.1) is 11.3 Å². The molecule has 0 aliphatic carbocycles. The van der Waals surface area contributed by atoms with Crippen molar-refractivity contribution in [3.63, 3.8) is 0 Å². The molecule has 1 saturated heterocycles. The van der Waals surface area contributed by atoms with Crippen molar-refractivity contribution in [2.24, 2.45) is 0 Å². The van der Waals surface area contributed by atoms with Gasteiger partial charge >= 0.3 is 7.82 Å². The highest BCUT2D eigenvalue weighted by Crippen LogP contribution is 2.43. The molecule has 1 unspecified atom stereocenters. The Balaban J connectivity index is 1.67. The van der Waals surface area contributed by atoms with E-state index in [0.29, 0.717) is 0 Å². The molecule has 168 valence electrons. The van der Waals surface area contributed by atoms with Crippen molar-refractivity contribution in [1.29, 1.82) is 0 Å². The van der Waals surface area contributed by atoms with Gasteiger partial charge in [0.2, 0.25) is 5.95 Å². The Kier molecular flexibility index (Phi) is 5.74. The Morgan fingerprint density at radius 2 is 2.13 bits per heavy atom. The lowest BCUT2D eigenvalue weighted by molar-refractivity contribution is -0.0804. The molecule has 1 fully saturated rings. The van der Waals surface area contributed by atoms with Crippen LogP contribution in [-0.4, -0.2) is 63.9 Å². The lowest BCUT2D eigenvalue weighted by Crippen LogP contribution is -2.40. The lowest BCUT2D eigenvalue weighted by atomic mass is 10.0. The number of imidazole rings is 1. The van der Waals surface area contributed by atoms with Crippen LogP contribution in [0.2, 0.25) is 0 Å². The van der Waals surface area contributed by atoms with Crippen LogP contribution < -0.4 is 11.3 Å². The minimum Gasteiger partial charge on any atom is -0.387 e. The maximum Gasteiger partial charge on any atom is 0.469 e. The molecule has 0 saturated carbocycles. The lowest BCUT2D eigenvalue weighted by Gasteiger charge is -2.25. The van der Waals surface area contributed by atoms with E-state index in [4.69, 9.17) is 15.0 Å². The number of thiophene rings is 1. The van der Waals surface area contributed by atoms with Gasteiger partial charge in [0.15, 0.2) is 17.4 Å². The van der Waals surface area contributed by atoms with E-state index in [2.05, 4.69) is 15.0 Å². The molecule has 0 amide bonds. The van der Waals surface area contributed by atoms with Crippen LogP contribution in [0, 0.1) is 6.92 Å². The van der Waals surface area contributed by atoms with Crippen molar-refractivity contribution < 1.29 is 33.8 Å². The highest BCUT2D eigenvalue weighted by atomic mass is 32.1. The fourth-order valence-electron chi connectivity index (χ4n) is 3.53. The van der Waals surface area contributed by atoms with E-state index in [1.807, 2.05) is 13.0 Å². The summed E-state index contributed by atoms with van der Waals surface area (Å²) < 4.78 is 23.4. The van der Waals surface area contributed by atoms with Crippen LogP contribution in [0.4, 0.5) is 5.95 Å². The topological polar surface area (TPSA) is 206 Å². The SMILES string of the molecule is Cc1ccc(CC(OP(=O)(O)O)[C@H]2O[C@@H](n3cnc4c(=O)[nH]c(N)nc43)[C@H](O)[C@@H]2O)s1. The number of anilines is 1. The Morgan fingerprint density at radius 3 is 2.77 bits per heavy atom. The number of nitrogens with one attached hydrogen (secondary N) is 1. The summed E-state index contributed by atoms with van der Waals surface area (Å²) in [6, 6.07) is 3.61. The highest BCUT2D eigenvalue weighted by Gasteiger charge is 2.49. The molecule has 0 bridgehead atoms. The Hall–Kier alpha value is -2.16. The van der Waals surface area contributed by atoms with Crippen LogP contribution >= 0.6 is 19.2 Å². The number of ether oxygens (including phenoxy) is 1. The van der Waals surface area contributed by atoms with Gasteiger partial charge in [-0.05, 0) is 19.1 Å². The minimum atomic E-state index is -4.94. The first-order valence-electron chi connectivity index (χ1n) is 9.06. The summed E-state index contributed by atoms with van der Waals surface area (Å²) in [5.41, 5.74) is 4.94. The number of aliphatic hydroxyl groups excluding tert-OH is 2. The molecule has 1 aliphatic heterocycles. The average molecular weight is 473 g/mol. The smallest absolute Gasteiger partial charge is 0.387 e. The molecule has 0 aromatic carbocycles. The van der Waals surface area contributed by atoms with Crippen molar-refractivity contribution in [2.75, 3.05) is 5.73 Å². The van der Waals surface area contributed by atoms with Crippen LogP contribution in [0.3, 0.4) is 0 Å². The molecule has 13 nitrogen and oxygen atoms in total. The number of phosphoric acid groups is 1. The van der Waals surface area contributed by atoms with Crippen LogP contribution in [0.5, 0.6) is 0 Å². The number of H-pyrrole nitrogens is 1. The number of nitrogens with zero attached hydrogens (tertiary/aromatic N) is 3. The third-order valence-corrected chi connectivity index (χ3v) is 6.41. The number of hydrogen-bond acceptors (Lipinski definition) is 10. The first-order chi connectivity index (χ1) is 14.5. The number of aromatic nitrogens is 4. The number of phosphoric ester groups is 1. The number of hydrogen-bond donors (Lipinski definition) is 6. The zero-order chi connectivity index (χ0) is 22.5. The van der Waals surface area contributed by atoms with Gasteiger partial charge in [-0.3, -0.25) is 18.9 Å². The van der Waals surface area contributed by atoms with E-state index in [-0.39, 0.29) is 23.5 Å². The molecule has 0 spiro atoms. The molecule has 3 aromatic heterocycles. The molecular formula is C16H20N5O8PS. The van der Waals surface area contributed by atoms with E-state index in [1.54, 1.807) is 6.07 Å². The van der Waals surface area contributed by atoms with E-state index in [9.17, 15) is 29.4 Å². The first kappa shape index (κ1) is 22.0. The molecule has 1 aliphatic rings. The number of aryl methyl sites for hydroxylation is 1. The van der Waals surface area contributed by atoms with Gasteiger partial charge < -0.3 is 30.5 Å².